The highest BCUT2D eigenvalue weighted by Gasteiger charge is 2.53. The van der Waals surface area contributed by atoms with E-state index in [2.05, 4.69) is 25.2 Å². The molecule has 4 aromatic rings. The summed E-state index contributed by atoms with van der Waals surface area (Å²) in [5.74, 6) is 0.771. The zero-order chi connectivity index (χ0) is 23.6. The highest BCUT2D eigenvalue weighted by molar-refractivity contribution is 6.14. The van der Waals surface area contributed by atoms with E-state index in [-0.39, 0.29) is 23.3 Å². The second-order valence-corrected chi connectivity index (χ2v) is 9.22. The van der Waals surface area contributed by atoms with Crippen molar-refractivity contribution in [3.8, 4) is 17.8 Å². The molecule has 2 fully saturated rings. The molecule has 0 bridgehead atoms. The monoisotopic (exact) mass is 458 g/mol. The molecular formula is C24H23FN8O. The van der Waals surface area contributed by atoms with Gasteiger partial charge in [0.1, 0.15) is 34.8 Å². The molecule has 0 unspecified atom stereocenters. The van der Waals surface area contributed by atoms with Crippen molar-refractivity contribution < 1.29 is 9.13 Å². The average molecular weight is 459 g/mol. The van der Waals surface area contributed by atoms with Crippen LogP contribution in [0.2, 0.25) is 0 Å². The van der Waals surface area contributed by atoms with Gasteiger partial charge in [0, 0.05) is 37.0 Å². The number of aromatic nitrogens is 4. The number of anilines is 2. The molecule has 3 aromatic heterocycles. The van der Waals surface area contributed by atoms with Gasteiger partial charge in [-0.3, -0.25) is 0 Å². The molecule has 172 valence electrons. The molecule has 0 amide bonds. The number of H-pyrrole nitrogens is 1. The van der Waals surface area contributed by atoms with Crippen LogP contribution in [-0.2, 0) is 0 Å². The Labute approximate surface area is 194 Å². The largest absolute Gasteiger partial charge is 0.423 e. The number of nitrogens with one attached hydrogen (secondary N) is 2. The van der Waals surface area contributed by atoms with E-state index in [1.54, 1.807) is 20.0 Å². The van der Waals surface area contributed by atoms with Gasteiger partial charge in [0.2, 0.25) is 0 Å². The fraction of sp³-hybridized carbons (Fsp3) is 0.333. The number of nitrogens with two attached hydrogens (primary N) is 1. The Hall–Kier alpha value is -3.97. The Kier molecular flexibility index (Phi) is 4.41. The van der Waals surface area contributed by atoms with E-state index in [0.29, 0.717) is 39.5 Å². The lowest BCUT2D eigenvalue weighted by atomic mass is 9.60. The molecule has 2 aliphatic rings. The van der Waals surface area contributed by atoms with E-state index in [9.17, 15) is 4.39 Å². The zero-order valence-corrected chi connectivity index (χ0v) is 18.8. The highest BCUT2D eigenvalue weighted by Crippen LogP contribution is 2.50. The number of hydrogen-bond donors (Lipinski definition) is 3. The van der Waals surface area contributed by atoms with Crippen molar-refractivity contribution in [3.05, 3.63) is 41.5 Å². The summed E-state index contributed by atoms with van der Waals surface area (Å²) in [5.41, 5.74) is 9.39. The van der Waals surface area contributed by atoms with Crippen molar-refractivity contribution in [2.75, 3.05) is 30.4 Å². The van der Waals surface area contributed by atoms with Crippen molar-refractivity contribution >= 4 is 33.4 Å². The normalized spacial score (nSPS) is 18.6. The molecule has 1 saturated carbocycles. The lowest BCUT2D eigenvalue weighted by Gasteiger charge is -2.60. The third kappa shape index (κ3) is 2.97. The summed E-state index contributed by atoms with van der Waals surface area (Å²) >= 11 is 0. The second-order valence-electron chi connectivity index (χ2n) is 9.22. The fourth-order valence-corrected chi connectivity index (χ4v) is 5.10. The first-order valence-electron chi connectivity index (χ1n) is 11.2. The predicted molar refractivity (Wildman–Crippen MR) is 127 cm³/mol. The number of halogens is 1. The molecular weight excluding hydrogens is 435 g/mol. The Bertz CT molecular complexity index is 1500. The quantitative estimate of drug-likeness (QED) is 0.423. The maximum Gasteiger partial charge on any atom is 0.326 e. The van der Waals surface area contributed by atoms with Crippen molar-refractivity contribution in [1.29, 1.82) is 5.26 Å². The lowest BCUT2D eigenvalue weighted by molar-refractivity contribution is 0.0559. The van der Waals surface area contributed by atoms with Crippen molar-refractivity contribution in [1.82, 2.24) is 19.9 Å². The fourth-order valence-electron chi connectivity index (χ4n) is 5.10. The van der Waals surface area contributed by atoms with Crippen LogP contribution in [0, 0.1) is 29.5 Å². The second kappa shape index (κ2) is 7.27. The van der Waals surface area contributed by atoms with E-state index in [1.807, 2.05) is 6.07 Å². The van der Waals surface area contributed by atoms with Crippen LogP contribution < -0.4 is 20.7 Å². The molecule has 1 aliphatic heterocycles. The van der Waals surface area contributed by atoms with Gasteiger partial charge in [0.05, 0.1) is 22.8 Å². The number of nitriles is 1. The number of nitrogens with zero attached hydrogens (tertiary/aromatic N) is 5. The molecule has 1 atom stereocenters. The summed E-state index contributed by atoms with van der Waals surface area (Å²) in [6, 6.07) is 7.06. The Morgan fingerprint density at radius 1 is 1.32 bits per heavy atom. The van der Waals surface area contributed by atoms with Gasteiger partial charge < -0.3 is 25.7 Å². The molecule has 6 rings (SSSR count). The Morgan fingerprint density at radius 3 is 2.79 bits per heavy atom. The van der Waals surface area contributed by atoms with E-state index in [1.165, 1.54) is 18.3 Å². The van der Waals surface area contributed by atoms with Gasteiger partial charge in [-0.05, 0) is 43.5 Å². The zero-order valence-electron chi connectivity index (χ0n) is 18.8. The summed E-state index contributed by atoms with van der Waals surface area (Å²) in [6.45, 7) is 3.37. The van der Waals surface area contributed by atoms with Crippen LogP contribution in [0.5, 0.6) is 11.8 Å². The van der Waals surface area contributed by atoms with E-state index in [4.69, 9.17) is 20.7 Å². The summed E-state index contributed by atoms with van der Waals surface area (Å²) < 4.78 is 20.4. The van der Waals surface area contributed by atoms with Gasteiger partial charge >= 0.3 is 6.01 Å². The van der Waals surface area contributed by atoms with E-state index >= 15 is 0 Å². The topological polar surface area (TPSA) is 129 Å². The molecule has 1 aliphatic carbocycles. The van der Waals surface area contributed by atoms with Crippen LogP contribution in [0.15, 0.2) is 24.4 Å². The maximum atomic E-state index is 14.4. The van der Waals surface area contributed by atoms with Gasteiger partial charge in [-0.1, -0.05) is 0 Å². The summed E-state index contributed by atoms with van der Waals surface area (Å²) in [7, 11) is 1.75. The number of rotatable bonds is 4. The molecule has 1 spiro atoms. The summed E-state index contributed by atoms with van der Waals surface area (Å²) in [6.07, 6.45) is 3.62. The first kappa shape index (κ1) is 20.6. The van der Waals surface area contributed by atoms with Crippen LogP contribution >= 0.6 is 0 Å². The molecule has 1 saturated heterocycles. The Morgan fingerprint density at radius 2 is 2.15 bits per heavy atom. The van der Waals surface area contributed by atoms with E-state index < -0.39 is 0 Å². The SMILES string of the molecule is CNc1cc(F)cc2c1[nH]c1nc(Oc3cnc(C#N)c(C)c3)nc(N3CC4(CC[C@H]4N)C3)c12. The molecule has 4 N–H and O–H groups in total. The minimum Gasteiger partial charge on any atom is -0.423 e. The molecule has 10 heteroatoms. The molecule has 4 heterocycles. The number of benzene rings is 1. The summed E-state index contributed by atoms with van der Waals surface area (Å²) in [5, 5.41) is 13.6. The third-order valence-corrected chi connectivity index (χ3v) is 7.17. The number of fused-ring (bicyclic) bond motifs is 3. The molecule has 34 heavy (non-hydrogen) atoms. The van der Waals surface area contributed by atoms with Crippen molar-refractivity contribution in [2.45, 2.75) is 25.8 Å². The van der Waals surface area contributed by atoms with Crippen molar-refractivity contribution in [3.63, 3.8) is 0 Å². The number of aromatic amines is 1. The van der Waals surface area contributed by atoms with E-state index in [0.717, 1.165) is 36.8 Å². The third-order valence-electron chi connectivity index (χ3n) is 7.17. The standard InChI is InChI=1S/C24H23FN8O/c1-12-5-14(9-29-17(12)8-26)34-23-31-21-19(15-6-13(25)7-16(28-2)20(15)30-21)22(32-23)33-10-24(11-33)4-3-18(24)27/h5-7,9,18,28H,3-4,10-11,27H2,1-2H3,(H,30,31,32)/t18-/m1/s1. The summed E-state index contributed by atoms with van der Waals surface area (Å²) in [4.78, 5) is 18.9. The molecule has 1 aromatic carbocycles. The smallest absolute Gasteiger partial charge is 0.326 e. The first-order valence-corrected chi connectivity index (χ1v) is 11.2. The molecule has 0 radical (unpaired) electrons. The minimum atomic E-state index is -0.343. The van der Waals surface area contributed by atoms with Gasteiger partial charge in [-0.15, -0.1) is 0 Å². The maximum absolute atomic E-state index is 14.4. The van der Waals surface area contributed by atoms with Crippen LogP contribution in [0.3, 0.4) is 0 Å². The van der Waals surface area contributed by atoms with Crippen LogP contribution in [0.4, 0.5) is 15.9 Å². The lowest BCUT2D eigenvalue weighted by Crippen LogP contribution is -2.69. The van der Waals surface area contributed by atoms with Crippen LogP contribution in [0.25, 0.3) is 21.9 Å². The van der Waals surface area contributed by atoms with Crippen LogP contribution in [0.1, 0.15) is 24.1 Å². The minimum absolute atomic E-state index is 0.125. The predicted octanol–water partition coefficient (Wildman–Crippen LogP) is 3.59. The highest BCUT2D eigenvalue weighted by atomic mass is 19.1. The number of aryl methyl sites for hydroxylation is 1. The van der Waals surface area contributed by atoms with Gasteiger partial charge in [0.25, 0.3) is 0 Å². The number of pyridine rings is 1. The van der Waals surface area contributed by atoms with Gasteiger partial charge in [-0.2, -0.15) is 15.2 Å². The Balaban J connectivity index is 1.49. The van der Waals surface area contributed by atoms with Crippen LogP contribution in [-0.4, -0.2) is 46.1 Å². The van der Waals surface area contributed by atoms with Gasteiger partial charge in [0.15, 0.2) is 0 Å². The van der Waals surface area contributed by atoms with Crippen molar-refractivity contribution in [2.24, 2.45) is 11.1 Å². The van der Waals surface area contributed by atoms with Gasteiger partial charge in [-0.25, -0.2) is 9.37 Å². The number of ether oxygens (including phenoxy) is 1. The average Bonchev–Trinajstić information content (AvgIpc) is 3.15. The molecule has 9 nitrogen and oxygen atoms in total. The number of hydrogen-bond acceptors (Lipinski definition) is 8. The first-order chi connectivity index (χ1) is 16.4.